The Morgan fingerprint density at radius 1 is 1.00 bits per heavy atom. The molecule has 122 valence electrons. The molecule has 0 radical (unpaired) electrons. The molecule has 3 rings (SSSR count). The first kappa shape index (κ1) is 15.8. The van der Waals surface area contributed by atoms with Crippen molar-refractivity contribution in [2.75, 3.05) is 26.2 Å². The number of nitrogens with zero attached hydrogens (tertiary/aromatic N) is 2. The Kier molecular flexibility index (Phi) is 5.13. The van der Waals surface area contributed by atoms with Crippen LogP contribution in [0.4, 0.5) is 0 Å². The quantitative estimate of drug-likeness (QED) is 0.819. The van der Waals surface area contributed by atoms with E-state index in [4.69, 9.17) is 9.47 Å². The van der Waals surface area contributed by atoms with Crippen LogP contribution in [0.5, 0.6) is 11.5 Å². The van der Waals surface area contributed by atoms with Crippen molar-refractivity contribution in [2.45, 2.75) is 25.4 Å². The van der Waals surface area contributed by atoms with E-state index in [1.165, 1.54) is 0 Å². The number of hydrogen-bond donors (Lipinski definition) is 0. The van der Waals surface area contributed by atoms with Crippen LogP contribution in [0.2, 0.25) is 0 Å². The van der Waals surface area contributed by atoms with Crippen molar-refractivity contribution < 1.29 is 9.47 Å². The van der Waals surface area contributed by atoms with E-state index in [1.54, 1.807) is 12.4 Å². The fraction of sp³-hybridized carbons (Fsp3) is 0.421. The summed E-state index contributed by atoms with van der Waals surface area (Å²) in [5.41, 5.74) is -0.0657. The SMILES string of the molecule is CC1(Oc2ccccc2)CCN(CCOc2ccncc2)CC1. The molecule has 1 aliphatic heterocycles. The molecule has 1 aromatic heterocycles. The number of hydrogen-bond acceptors (Lipinski definition) is 4. The predicted molar refractivity (Wildman–Crippen MR) is 90.9 cm³/mol. The summed E-state index contributed by atoms with van der Waals surface area (Å²) in [4.78, 5) is 6.43. The molecule has 0 bridgehead atoms. The largest absolute Gasteiger partial charge is 0.492 e. The Morgan fingerprint density at radius 2 is 1.70 bits per heavy atom. The first-order valence-electron chi connectivity index (χ1n) is 8.23. The van der Waals surface area contributed by atoms with Crippen molar-refractivity contribution in [2.24, 2.45) is 0 Å². The van der Waals surface area contributed by atoms with Gasteiger partial charge in [0.2, 0.25) is 0 Å². The topological polar surface area (TPSA) is 34.6 Å². The lowest BCUT2D eigenvalue weighted by Gasteiger charge is -2.39. The van der Waals surface area contributed by atoms with Gasteiger partial charge in [-0.15, -0.1) is 0 Å². The van der Waals surface area contributed by atoms with Gasteiger partial charge in [0, 0.05) is 32.0 Å². The van der Waals surface area contributed by atoms with E-state index in [1.807, 2.05) is 42.5 Å². The smallest absolute Gasteiger partial charge is 0.122 e. The molecular weight excluding hydrogens is 288 g/mol. The van der Waals surface area contributed by atoms with E-state index >= 15 is 0 Å². The van der Waals surface area contributed by atoms with Gasteiger partial charge in [-0.1, -0.05) is 18.2 Å². The maximum atomic E-state index is 6.20. The van der Waals surface area contributed by atoms with Gasteiger partial charge < -0.3 is 9.47 Å². The summed E-state index contributed by atoms with van der Waals surface area (Å²) in [5.74, 6) is 1.85. The number of para-hydroxylation sites is 1. The van der Waals surface area contributed by atoms with Crippen molar-refractivity contribution in [3.8, 4) is 11.5 Å². The highest BCUT2D eigenvalue weighted by Crippen LogP contribution is 2.28. The van der Waals surface area contributed by atoms with Gasteiger partial charge in [-0.25, -0.2) is 0 Å². The number of rotatable bonds is 6. The maximum Gasteiger partial charge on any atom is 0.122 e. The van der Waals surface area contributed by atoms with E-state index in [9.17, 15) is 0 Å². The first-order chi connectivity index (χ1) is 11.2. The van der Waals surface area contributed by atoms with Gasteiger partial charge in [0.05, 0.1) is 0 Å². The third kappa shape index (κ3) is 4.70. The number of benzene rings is 1. The van der Waals surface area contributed by atoms with E-state index in [2.05, 4.69) is 16.8 Å². The Balaban J connectivity index is 1.41. The van der Waals surface area contributed by atoms with Crippen LogP contribution in [0, 0.1) is 0 Å². The number of piperidine rings is 1. The fourth-order valence-electron chi connectivity index (χ4n) is 2.85. The van der Waals surface area contributed by atoms with Crippen molar-refractivity contribution in [3.05, 3.63) is 54.9 Å². The molecule has 0 amide bonds. The van der Waals surface area contributed by atoms with Crippen molar-refractivity contribution >= 4 is 0 Å². The van der Waals surface area contributed by atoms with Crippen LogP contribution in [0.3, 0.4) is 0 Å². The minimum atomic E-state index is -0.0657. The molecule has 0 saturated carbocycles. The highest BCUT2D eigenvalue weighted by Gasteiger charge is 2.31. The molecule has 1 saturated heterocycles. The molecule has 2 aromatic rings. The lowest BCUT2D eigenvalue weighted by molar-refractivity contribution is 0.0135. The van der Waals surface area contributed by atoms with Crippen LogP contribution in [-0.2, 0) is 0 Å². The standard InChI is InChI=1S/C19H24N2O2/c1-19(23-18-5-3-2-4-6-18)9-13-21(14-10-19)15-16-22-17-7-11-20-12-8-17/h2-8,11-12H,9-10,13-16H2,1H3. The molecule has 1 aliphatic rings. The van der Waals surface area contributed by atoms with Crippen LogP contribution in [0.15, 0.2) is 54.9 Å². The summed E-state index contributed by atoms with van der Waals surface area (Å²) in [7, 11) is 0. The fourth-order valence-corrected chi connectivity index (χ4v) is 2.85. The second-order valence-electron chi connectivity index (χ2n) is 6.24. The number of ether oxygens (including phenoxy) is 2. The Hall–Kier alpha value is -2.07. The predicted octanol–water partition coefficient (Wildman–Crippen LogP) is 3.39. The molecule has 0 aliphatic carbocycles. The third-order valence-electron chi connectivity index (χ3n) is 4.35. The molecule has 23 heavy (non-hydrogen) atoms. The molecule has 1 aromatic carbocycles. The molecular formula is C19H24N2O2. The average molecular weight is 312 g/mol. The molecule has 0 unspecified atom stereocenters. The summed E-state index contributed by atoms with van der Waals surface area (Å²) in [6.45, 7) is 5.96. The Labute approximate surface area is 138 Å². The summed E-state index contributed by atoms with van der Waals surface area (Å²) < 4.78 is 11.9. The number of pyridine rings is 1. The minimum Gasteiger partial charge on any atom is -0.492 e. The molecule has 4 heteroatoms. The summed E-state index contributed by atoms with van der Waals surface area (Å²) in [6, 6.07) is 13.9. The van der Waals surface area contributed by atoms with Gasteiger partial charge in [-0.3, -0.25) is 9.88 Å². The third-order valence-corrected chi connectivity index (χ3v) is 4.35. The van der Waals surface area contributed by atoms with Gasteiger partial charge in [0.25, 0.3) is 0 Å². The van der Waals surface area contributed by atoms with E-state index in [0.717, 1.165) is 44.0 Å². The first-order valence-corrected chi connectivity index (χ1v) is 8.23. The Bertz CT molecular complexity index is 581. The molecule has 2 heterocycles. The second-order valence-corrected chi connectivity index (χ2v) is 6.24. The zero-order chi connectivity index (χ0) is 16.0. The molecule has 4 nitrogen and oxygen atoms in total. The van der Waals surface area contributed by atoms with Gasteiger partial charge in [0.15, 0.2) is 0 Å². The number of aromatic nitrogens is 1. The highest BCUT2D eigenvalue weighted by molar-refractivity contribution is 5.22. The molecule has 0 atom stereocenters. The van der Waals surface area contributed by atoms with E-state index in [-0.39, 0.29) is 5.60 Å². The minimum absolute atomic E-state index is 0.0657. The molecule has 1 fully saturated rings. The zero-order valence-electron chi connectivity index (χ0n) is 13.6. The monoisotopic (exact) mass is 312 g/mol. The summed E-state index contributed by atoms with van der Waals surface area (Å²) in [5, 5.41) is 0. The van der Waals surface area contributed by atoms with Gasteiger partial charge in [-0.05, 0) is 44.0 Å². The van der Waals surface area contributed by atoms with E-state index in [0.29, 0.717) is 6.61 Å². The van der Waals surface area contributed by atoms with Gasteiger partial charge >= 0.3 is 0 Å². The number of likely N-dealkylation sites (tertiary alicyclic amines) is 1. The lowest BCUT2D eigenvalue weighted by atomic mass is 9.93. The lowest BCUT2D eigenvalue weighted by Crippen LogP contribution is -2.47. The van der Waals surface area contributed by atoms with Crippen LogP contribution in [0.1, 0.15) is 19.8 Å². The van der Waals surface area contributed by atoms with Gasteiger partial charge in [-0.2, -0.15) is 0 Å². The van der Waals surface area contributed by atoms with Crippen LogP contribution in [-0.4, -0.2) is 41.7 Å². The van der Waals surface area contributed by atoms with Crippen LogP contribution in [0.25, 0.3) is 0 Å². The van der Waals surface area contributed by atoms with E-state index < -0.39 is 0 Å². The maximum absolute atomic E-state index is 6.20. The zero-order valence-corrected chi connectivity index (χ0v) is 13.6. The normalized spacial score (nSPS) is 17.6. The second kappa shape index (κ2) is 7.47. The van der Waals surface area contributed by atoms with Crippen molar-refractivity contribution in [1.29, 1.82) is 0 Å². The Morgan fingerprint density at radius 3 is 2.39 bits per heavy atom. The summed E-state index contributed by atoms with van der Waals surface area (Å²) in [6.07, 6.45) is 5.58. The van der Waals surface area contributed by atoms with Gasteiger partial charge in [0.1, 0.15) is 23.7 Å². The average Bonchev–Trinajstić information content (AvgIpc) is 2.59. The molecule has 0 spiro atoms. The highest BCUT2D eigenvalue weighted by atomic mass is 16.5. The summed E-state index contributed by atoms with van der Waals surface area (Å²) >= 11 is 0. The van der Waals surface area contributed by atoms with Crippen LogP contribution < -0.4 is 9.47 Å². The van der Waals surface area contributed by atoms with Crippen molar-refractivity contribution in [1.82, 2.24) is 9.88 Å². The van der Waals surface area contributed by atoms with Crippen LogP contribution >= 0.6 is 0 Å². The van der Waals surface area contributed by atoms with Crippen molar-refractivity contribution in [3.63, 3.8) is 0 Å². The molecule has 0 N–H and O–H groups in total.